The third kappa shape index (κ3) is 2.74. The molecule has 0 bridgehead atoms. The van der Waals surface area contributed by atoms with E-state index in [0.717, 1.165) is 0 Å². The Morgan fingerprint density at radius 1 is 1.44 bits per heavy atom. The van der Waals surface area contributed by atoms with Crippen LogP contribution in [0.2, 0.25) is 0 Å². The number of benzene rings is 1. The van der Waals surface area contributed by atoms with Crippen molar-refractivity contribution in [1.29, 1.82) is 5.26 Å². The van der Waals surface area contributed by atoms with Crippen LogP contribution in [0.1, 0.15) is 19.4 Å². The molecule has 0 saturated carbocycles. The highest BCUT2D eigenvalue weighted by atomic mass is 19.2. The average molecular weight is 253 g/mol. The molecule has 1 rings (SSSR count). The van der Waals surface area contributed by atoms with Crippen LogP contribution in [0.15, 0.2) is 12.1 Å². The standard InChI is InChI=1S/C12H13F2N3O/c1-7(2)17(6-10(16)18)9-4-3-8(5-15)11(13)12(9)14/h3-4,7H,6H2,1-2H3,(H2,16,18). The van der Waals surface area contributed by atoms with Gasteiger partial charge in [0.25, 0.3) is 0 Å². The molecule has 0 aliphatic heterocycles. The number of carbonyl (C=O) groups is 1. The molecule has 0 aromatic heterocycles. The fraction of sp³-hybridized carbons (Fsp3) is 0.333. The van der Waals surface area contributed by atoms with Gasteiger partial charge in [0, 0.05) is 6.04 Å². The van der Waals surface area contributed by atoms with Crippen LogP contribution >= 0.6 is 0 Å². The molecule has 2 N–H and O–H groups in total. The Labute approximate surface area is 104 Å². The lowest BCUT2D eigenvalue weighted by molar-refractivity contribution is -0.116. The zero-order valence-corrected chi connectivity index (χ0v) is 10.1. The van der Waals surface area contributed by atoms with Gasteiger partial charge in [-0.05, 0) is 26.0 Å². The second-order valence-electron chi connectivity index (χ2n) is 4.06. The van der Waals surface area contributed by atoms with E-state index in [1.165, 1.54) is 17.0 Å². The molecule has 0 saturated heterocycles. The van der Waals surface area contributed by atoms with Gasteiger partial charge in [-0.2, -0.15) is 5.26 Å². The van der Waals surface area contributed by atoms with E-state index in [1.54, 1.807) is 19.9 Å². The number of amides is 1. The second kappa shape index (κ2) is 5.45. The van der Waals surface area contributed by atoms with Crippen molar-refractivity contribution in [3.8, 4) is 6.07 Å². The first kappa shape index (κ1) is 13.9. The summed E-state index contributed by atoms with van der Waals surface area (Å²) in [4.78, 5) is 12.3. The molecular formula is C12H13F2N3O. The molecule has 96 valence electrons. The molecule has 0 heterocycles. The van der Waals surface area contributed by atoms with E-state index in [9.17, 15) is 13.6 Å². The minimum absolute atomic E-state index is 0.0831. The van der Waals surface area contributed by atoms with E-state index in [-0.39, 0.29) is 23.8 Å². The zero-order chi connectivity index (χ0) is 13.9. The summed E-state index contributed by atoms with van der Waals surface area (Å²) >= 11 is 0. The van der Waals surface area contributed by atoms with E-state index in [1.807, 2.05) is 0 Å². The van der Waals surface area contributed by atoms with E-state index >= 15 is 0 Å². The van der Waals surface area contributed by atoms with Crippen molar-refractivity contribution in [2.75, 3.05) is 11.4 Å². The number of nitriles is 1. The molecule has 0 aliphatic carbocycles. The predicted molar refractivity (Wildman–Crippen MR) is 62.7 cm³/mol. The SMILES string of the molecule is CC(C)N(CC(N)=O)c1ccc(C#N)c(F)c1F. The number of carbonyl (C=O) groups excluding carboxylic acids is 1. The number of nitrogens with two attached hydrogens (primary N) is 1. The van der Waals surface area contributed by atoms with Crippen LogP contribution in [0.25, 0.3) is 0 Å². The van der Waals surface area contributed by atoms with Crippen molar-refractivity contribution in [3.05, 3.63) is 29.3 Å². The zero-order valence-electron chi connectivity index (χ0n) is 10.1. The minimum atomic E-state index is -1.22. The number of hydrogen-bond acceptors (Lipinski definition) is 3. The lowest BCUT2D eigenvalue weighted by atomic mass is 10.1. The monoisotopic (exact) mass is 253 g/mol. The maximum Gasteiger partial charge on any atom is 0.236 e. The molecule has 6 heteroatoms. The number of anilines is 1. The van der Waals surface area contributed by atoms with E-state index in [2.05, 4.69) is 0 Å². The lowest BCUT2D eigenvalue weighted by Crippen LogP contribution is -2.39. The minimum Gasteiger partial charge on any atom is -0.368 e. The van der Waals surface area contributed by atoms with Crippen LogP contribution in [0.3, 0.4) is 0 Å². The van der Waals surface area contributed by atoms with E-state index in [4.69, 9.17) is 11.0 Å². The molecule has 0 unspecified atom stereocenters. The Bertz CT molecular complexity index is 509. The molecular weight excluding hydrogens is 240 g/mol. The number of hydrogen-bond donors (Lipinski definition) is 1. The van der Waals surface area contributed by atoms with E-state index < -0.39 is 17.5 Å². The van der Waals surface area contributed by atoms with Gasteiger partial charge in [-0.3, -0.25) is 4.79 Å². The summed E-state index contributed by atoms with van der Waals surface area (Å²) < 4.78 is 27.3. The molecule has 1 aromatic rings. The predicted octanol–water partition coefficient (Wildman–Crippen LogP) is 1.54. The Kier molecular flexibility index (Phi) is 4.21. The van der Waals surface area contributed by atoms with Crippen LogP contribution in [0, 0.1) is 23.0 Å². The lowest BCUT2D eigenvalue weighted by Gasteiger charge is -2.28. The molecule has 0 atom stereocenters. The summed E-state index contributed by atoms with van der Waals surface area (Å²) in [6.45, 7) is 3.22. The molecule has 0 aliphatic rings. The second-order valence-corrected chi connectivity index (χ2v) is 4.06. The van der Waals surface area contributed by atoms with Crippen LogP contribution < -0.4 is 10.6 Å². The third-order valence-electron chi connectivity index (χ3n) is 2.44. The molecule has 0 radical (unpaired) electrons. The highest BCUT2D eigenvalue weighted by Crippen LogP contribution is 2.25. The largest absolute Gasteiger partial charge is 0.368 e. The Morgan fingerprint density at radius 3 is 2.50 bits per heavy atom. The summed E-state index contributed by atoms with van der Waals surface area (Å²) in [5.74, 6) is -3.01. The molecule has 18 heavy (non-hydrogen) atoms. The Balaban J connectivity index is 3.26. The van der Waals surface area contributed by atoms with E-state index in [0.29, 0.717) is 0 Å². The molecule has 1 aromatic carbocycles. The summed E-state index contributed by atoms with van der Waals surface area (Å²) in [6, 6.07) is 3.74. The summed E-state index contributed by atoms with van der Waals surface area (Å²) in [5, 5.41) is 8.58. The maximum absolute atomic E-state index is 13.8. The summed E-state index contributed by atoms with van der Waals surface area (Å²) in [5.41, 5.74) is 4.60. The summed E-state index contributed by atoms with van der Waals surface area (Å²) in [6.07, 6.45) is 0. The third-order valence-corrected chi connectivity index (χ3v) is 2.44. The molecule has 0 spiro atoms. The fourth-order valence-corrected chi connectivity index (χ4v) is 1.56. The number of primary amides is 1. The van der Waals surface area contributed by atoms with Gasteiger partial charge >= 0.3 is 0 Å². The van der Waals surface area contributed by atoms with Crippen LogP contribution in [-0.2, 0) is 4.79 Å². The first-order chi connectivity index (χ1) is 8.38. The smallest absolute Gasteiger partial charge is 0.236 e. The highest BCUT2D eigenvalue weighted by Gasteiger charge is 2.21. The number of rotatable bonds is 4. The van der Waals surface area contributed by atoms with Gasteiger partial charge in [-0.25, -0.2) is 8.78 Å². The quantitative estimate of drug-likeness (QED) is 0.884. The van der Waals surface area contributed by atoms with Gasteiger partial charge in [-0.15, -0.1) is 0 Å². The van der Waals surface area contributed by atoms with Crippen LogP contribution in [-0.4, -0.2) is 18.5 Å². The first-order valence-electron chi connectivity index (χ1n) is 5.31. The molecule has 1 amide bonds. The van der Waals surface area contributed by atoms with Gasteiger partial charge in [0.1, 0.15) is 6.07 Å². The van der Waals surface area contributed by atoms with Gasteiger partial charge in [-0.1, -0.05) is 0 Å². The van der Waals surface area contributed by atoms with Crippen molar-refractivity contribution in [1.82, 2.24) is 0 Å². The normalized spacial score (nSPS) is 10.2. The van der Waals surface area contributed by atoms with Gasteiger partial charge in [0.05, 0.1) is 17.8 Å². The maximum atomic E-state index is 13.8. The van der Waals surface area contributed by atoms with Crippen molar-refractivity contribution >= 4 is 11.6 Å². The van der Waals surface area contributed by atoms with Crippen LogP contribution in [0.5, 0.6) is 0 Å². The van der Waals surface area contributed by atoms with Crippen LogP contribution in [0.4, 0.5) is 14.5 Å². The Hall–Kier alpha value is -2.16. The highest BCUT2D eigenvalue weighted by molar-refractivity contribution is 5.79. The summed E-state index contributed by atoms with van der Waals surface area (Å²) in [7, 11) is 0. The fourth-order valence-electron chi connectivity index (χ4n) is 1.56. The van der Waals surface area contributed by atoms with Gasteiger partial charge in [0.2, 0.25) is 5.91 Å². The number of halogens is 2. The van der Waals surface area contributed by atoms with Crippen molar-refractivity contribution in [3.63, 3.8) is 0 Å². The molecule has 4 nitrogen and oxygen atoms in total. The average Bonchev–Trinajstić information content (AvgIpc) is 2.29. The first-order valence-corrected chi connectivity index (χ1v) is 5.31. The van der Waals surface area contributed by atoms with Crippen molar-refractivity contribution < 1.29 is 13.6 Å². The van der Waals surface area contributed by atoms with Gasteiger partial charge in [0.15, 0.2) is 11.6 Å². The topological polar surface area (TPSA) is 70.1 Å². The van der Waals surface area contributed by atoms with Crippen molar-refractivity contribution in [2.45, 2.75) is 19.9 Å². The molecule has 0 fully saturated rings. The van der Waals surface area contributed by atoms with Crippen molar-refractivity contribution in [2.24, 2.45) is 5.73 Å². The van der Waals surface area contributed by atoms with Gasteiger partial charge < -0.3 is 10.6 Å². The Morgan fingerprint density at radius 2 is 2.06 bits per heavy atom. The number of nitrogens with zero attached hydrogens (tertiary/aromatic N) is 2.